The third-order valence-electron chi connectivity index (χ3n) is 3.45. The molecule has 0 radical (unpaired) electrons. The van der Waals surface area contributed by atoms with E-state index in [1.807, 2.05) is 30.3 Å². The van der Waals surface area contributed by atoms with Crippen LogP contribution in [0, 0.1) is 5.92 Å². The Kier molecular flexibility index (Phi) is 6.02. The highest BCUT2D eigenvalue weighted by Crippen LogP contribution is 2.28. The Morgan fingerprint density at radius 1 is 1.35 bits per heavy atom. The molecule has 0 heterocycles. The van der Waals surface area contributed by atoms with Gasteiger partial charge in [0.15, 0.2) is 0 Å². The highest BCUT2D eigenvalue weighted by molar-refractivity contribution is 5.81. The van der Waals surface area contributed by atoms with E-state index in [9.17, 15) is 4.79 Å². The summed E-state index contributed by atoms with van der Waals surface area (Å²) in [6.07, 6.45) is 4.04. The van der Waals surface area contributed by atoms with Crippen molar-refractivity contribution in [2.45, 2.75) is 31.7 Å². The number of hydrogen-bond donors (Lipinski definition) is 2. The van der Waals surface area contributed by atoms with E-state index in [2.05, 4.69) is 5.32 Å². The van der Waals surface area contributed by atoms with E-state index in [-0.39, 0.29) is 5.91 Å². The molecule has 1 amide bonds. The molecule has 0 saturated heterocycles. The monoisotopic (exact) mass is 276 g/mol. The highest BCUT2D eigenvalue weighted by Gasteiger charge is 2.20. The normalized spacial score (nSPS) is 15.8. The molecule has 1 aliphatic rings. The van der Waals surface area contributed by atoms with Crippen LogP contribution in [-0.4, -0.2) is 31.7 Å². The summed E-state index contributed by atoms with van der Waals surface area (Å²) in [6.45, 7) is 2.22. The molecule has 0 bridgehead atoms. The summed E-state index contributed by atoms with van der Waals surface area (Å²) >= 11 is 0. The zero-order valence-corrected chi connectivity index (χ0v) is 11.9. The van der Waals surface area contributed by atoms with Crippen molar-refractivity contribution in [2.75, 3.05) is 19.8 Å². The van der Waals surface area contributed by atoms with Crippen LogP contribution in [0.3, 0.4) is 0 Å². The molecule has 0 aromatic heterocycles. The topological polar surface area (TPSA) is 64.4 Å². The minimum atomic E-state index is -0.482. The van der Waals surface area contributed by atoms with Crippen LogP contribution in [0.25, 0.3) is 0 Å². The quantitative estimate of drug-likeness (QED) is 0.672. The number of rotatable bonds is 9. The second kappa shape index (κ2) is 8.02. The summed E-state index contributed by atoms with van der Waals surface area (Å²) in [7, 11) is 0. The maximum absolute atomic E-state index is 11.8. The molecule has 1 fully saturated rings. The van der Waals surface area contributed by atoms with Crippen LogP contribution in [0.5, 0.6) is 0 Å². The Bertz CT molecular complexity index is 404. The Hall–Kier alpha value is -1.39. The lowest BCUT2D eigenvalue weighted by Crippen LogP contribution is -2.42. The van der Waals surface area contributed by atoms with Gasteiger partial charge >= 0.3 is 0 Å². The molecule has 0 spiro atoms. The number of hydrogen-bond acceptors (Lipinski definition) is 3. The summed E-state index contributed by atoms with van der Waals surface area (Å²) in [5.74, 6) is 0.708. The number of carbonyl (C=O) groups is 1. The van der Waals surface area contributed by atoms with E-state index in [1.165, 1.54) is 12.8 Å². The average molecular weight is 276 g/mol. The molecule has 2 rings (SSSR count). The maximum Gasteiger partial charge on any atom is 0.237 e. The SMILES string of the molecule is N[C@H](Cc1ccccc1)C(=O)NCCCOCC1CC1. The van der Waals surface area contributed by atoms with Crippen LogP contribution in [0.1, 0.15) is 24.8 Å². The van der Waals surface area contributed by atoms with Gasteiger partial charge < -0.3 is 15.8 Å². The van der Waals surface area contributed by atoms with Crippen molar-refractivity contribution in [3.05, 3.63) is 35.9 Å². The summed E-state index contributed by atoms with van der Waals surface area (Å²) in [5.41, 5.74) is 6.98. The van der Waals surface area contributed by atoms with Crippen LogP contribution in [-0.2, 0) is 16.0 Å². The predicted octanol–water partition coefficient (Wildman–Crippen LogP) is 1.49. The number of benzene rings is 1. The standard InChI is InChI=1S/C16H24N2O2/c17-15(11-13-5-2-1-3-6-13)16(19)18-9-4-10-20-12-14-7-8-14/h1-3,5-6,14-15H,4,7-12,17H2,(H,18,19)/t15-/m1/s1. The van der Waals surface area contributed by atoms with E-state index in [1.54, 1.807) is 0 Å². The molecular formula is C16H24N2O2. The van der Waals surface area contributed by atoms with Crippen molar-refractivity contribution >= 4 is 5.91 Å². The van der Waals surface area contributed by atoms with Crippen molar-refractivity contribution in [3.8, 4) is 0 Å². The molecule has 0 unspecified atom stereocenters. The third-order valence-corrected chi connectivity index (χ3v) is 3.45. The smallest absolute Gasteiger partial charge is 0.237 e. The van der Waals surface area contributed by atoms with Gasteiger partial charge in [0.25, 0.3) is 0 Å². The predicted molar refractivity (Wildman–Crippen MR) is 79.3 cm³/mol. The largest absolute Gasteiger partial charge is 0.381 e. The molecule has 1 atom stereocenters. The van der Waals surface area contributed by atoms with Gasteiger partial charge in [-0.2, -0.15) is 0 Å². The molecule has 3 N–H and O–H groups in total. The lowest BCUT2D eigenvalue weighted by atomic mass is 10.1. The summed E-state index contributed by atoms with van der Waals surface area (Å²) in [5, 5.41) is 2.86. The zero-order valence-electron chi connectivity index (χ0n) is 11.9. The van der Waals surface area contributed by atoms with Crippen molar-refractivity contribution in [1.82, 2.24) is 5.32 Å². The van der Waals surface area contributed by atoms with Crippen molar-refractivity contribution in [3.63, 3.8) is 0 Å². The van der Waals surface area contributed by atoms with Crippen molar-refractivity contribution in [2.24, 2.45) is 11.7 Å². The fourth-order valence-electron chi connectivity index (χ4n) is 2.01. The van der Waals surface area contributed by atoms with Crippen LogP contribution >= 0.6 is 0 Å². The molecule has 20 heavy (non-hydrogen) atoms. The summed E-state index contributed by atoms with van der Waals surface area (Å²) < 4.78 is 5.51. The fourth-order valence-corrected chi connectivity index (χ4v) is 2.01. The van der Waals surface area contributed by atoms with Gasteiger partial charge in [-0.3, -0.25) is 4.79 Å². The minimum Gasteiger partial charge on any atom is -0.381 e. The van der Waals surface area contributed by atoms with Gasteiger partial charge in [-0.15, -0.1) is 0 Å². The van der Waals surface area contributed by atoms with Crippen LogP contribution in [0.15, 0.2) is 30.3 Å². The second-order valence-corrected chi connectivity index (χ2v) is 5.46. The van der Waals surface area contributed by atoms with Crippen molar-refractivity contribution < 1.29 is 9.53 Å². The molecule has 1 aromatic carbocycles. The molecule has 110 valence electrons. The Balaban J connectivity index is 1.54. The molecular weight excluding hydrogens is 252 g/mol. The minimum absolute atomic E-state index is 0.0870. The first-order valence-corrected chi connectivity index (χ1v) is 7.40. The number of carbonyl (C=O) groups excluding carboxylic acids is 1. The van der Waals surface area contributed by atoms with Gasteiger partial charge in [-0.05, 0) is 37.2 Å². The Morgan fingerprint density at radius 3 is 2.80 bits per heavy atom. The molecule has 1 saturated carbocycles. The number of amides is 1. The zero-order chi connectivity index (χ0) is 14.2. The third kappa shape index (κ3) is 5.72. The van der Waals surface area contributed by atoms with Gasteiger partial charge in [0, 0.05) is 19.8 Å². The molecule has 4 nitrogen and oxygen atoms in total. The first-order chi connectivity index (χ1) is 9.75. The highest BCUT2D eigenvalue weighted by atomic mass is 16.5. The van der Waals surface area contributed by atoms with E-state index < -0.39 is 6.04 Å². The van der Waals surface area contributed by atoms with E-state index in [0.29, 0.717) is 19.6 Å². The first kappa shape index (κ1) is 15.0. The lowest BCUT2D eigenvalue weighted by molar-refractivity contribution is -0.122. The van der Waals surface area contributed by atoms with Gasteiger partial charge in [0.1, 0.15) is 0 Å². The van der Waals surface area contributed by atoms with E-state index >= 15 is 0 Å². The maximum atomic E-state index is 11.8. The Morgan fingerprint density at radius 2 is 2.10 bits per heavy atom. The average Bonchev–Trinajstić information content (AvgIpc) is 3.27. The van der Waals surface area contributed by atoms with Crippen LogP contribution in [0.2, 0.25) is 0 Å². The van der Waals surface area contributed by atoms with E-state index in [4.69, 9.17) is 10.5 Å². The first-order valence-electron chi connectivity index (χ1n) is 7.40. The Labute approximate surface area is 120 Å². The molecule has 0 aliphatic heterocycles. The van der Waals surface area contributed by atoms with E-state index in [0.717, 1.165) is 24.5 Å². The number of nitrogens with two attached hydrogens (primary N) is 1. The lowest BCUT2D eigenvalue weighted by Gasteiger charge is -2.12. The van der Waals surface area contributed by atoms with Crippen LogP contribution < -0.4 is 11.1 Å². The number of nitrogens with one attached hydrogen (secondary N) is 1. The fraction of sp³-hybridized carbons (Fsp3) is 0.562. The van der Waals surface area contributed by atoms with Gasteiger partial charge in [0.05, 0.1) is 6.04 Å². The van der Waals surface area contributed by atoms with Crippen LogP contribution in [0.4, 0.5) is 0 Å². The summed E-state index contributed by atoms with van der Waals surface area (Å²) in [4.78, 5) is 11.8. The van der Waals surface area contributed by atoms with Gasteiger partial charge in [0.2, 0.25) is 5.91 Å². The molecule has 1 aliphatic carbocycles. The molecule has 1 aromatic rings. The van der Waals surface area contributed by atoms with Gasteiger partial charge in [-0.25, -0.2) is 0 Å². The van der Waals surface area contributed by atoms with Crippen molar-refractivity contribution in [1.29, 1.82) is 0 Å². The summed E-state index contributed by atoms with van der Waals surface area (Å²) in [6, 6.07) is 9.35. The van der Waals surface area contributed by atoms with Gasteiger partial charge in [-0.1, -0.05) is 30.3 Å². The molecule has 4 heteroatoms. The number of ether oxygens (including phenoxy) is 1. The second-order valence-electron chi connectivity index (χ2n) is 5.46.